The summed E-state index contributed by atoms with van der Waals surface area (Å²) in [6.07, 6.45) is 0. The minimum Gasteiger partial charge on any atom is -0.491 e. The summed E-state index contributed by atoms with van der Waals surface area (Å²) in [5, 5.41) is 6.89. The van der Waals surface area contributed by atoms with Crippen LogP contribution in [0.25, 0.3) is 0 Å². The number of aliphatic imine (C=N–C) groups is 1. The lowest BCUT2D eigenvalue weighted by Gasteiger charge is -2.35. The molecular formula is C23H41N5O2. The number of ether oxygens (including phenoxy) is 2. The van der Waals surface area contributed by atoms with Gasteiger partial charge in [0.2, 0.25) is 0 Å². The Balaban J connectivity index is 1.77. The zero-order valence-electron chi connectivity index (χ0n) is 19.5. The van der Waals surface area contributed by atoms with Crippen LogP contribution in [0.2, 0.25) is 0 Å². The Morgan fingerprint density at radius 1 is 1.13 bits per heavy atom. The van der Waals surface area contributed by atoms with E-state index in [1.165, 1.54) is 31.7 Å². The van der Waals surface area contributed by atoms with Crippen molar-refractivity contribution in [3.05, 3.63) is 29.3 Å². The molecule has 0 aromatic heterocycles. The summed E-state index contributed by atoms with van der Waals surface area (Å²) in [5.74, 6) is 2.28. The van der Waals surface area contributed by atoms with Gasteiger partial charge in [0.25, 0.3) is 0 Å². The van der Waals surface area contributed by atoms with Gasteiger partial charge < -0.3 is 29.9 Å². The van der Waals surface area contributed by atoms with Gasteiger partial charge >= 0.3 is 0 Å². The highest BCUT2D eigenvalue weighted by atomic mass is 16.5. The maximum absolute atomic E-state index is 5.89. The average Bonchev–Trinajstić information content (AvgIpc) is 2.75. The fraction of sp³-hybridized carbons (Fsp3) is 0.696. The van der Waals surface area contributed by atoms with E-state index in [1.807, 2.05) is 7.05 Å². The molecule has 0 aliphatic carbocycles. The fourth-order valence-corrected chi connectivity index (χ4v) is 3.64. The SMILES string of the molecule is CCN1CCN(CC(C)CNC(=NC)NCc2ccc(C)cc2OCCOC)CC1. The summed E-state index contributed by atoms with van der Waals surface area (Å²) in [7, 11) is 3.50. The number of rotatable bonds is 11. The number of hydrogen-bond donors (Lipinski definition) is 2. The molecule has 0 saturated carbocycles. The second-order valence-corrected chi connectivity index (χ2v) is 8.10. The van der Waals surface area contributed by atoms with Crippen molar-refractivity contribution in [3.8, 4) is 5.75 Å². The van der Waals surface area contributed by atoms with Crippen molar-refractivity contribution >= 4 is 5.96 Å². The predicted octanol–water partition coefficient (Wildman–Crippen LogP) is 1.96. The molecule has 170 valence electrons. The number of piperazine rings is 1. The largest absolute Gasteiger partial charge is 0.491 e. The van der Waals surface area contributed by atoms with Crippen LogP contribution >= 0.6 is 0 Å². The van der Waals surface area contributed by atoms with Gasteiger partial charge in [-0.25, -0.2) is 0 Å². The Morgan fingerprint density at radius 2 is 1.87 bits per heavy atom. The van der Waals surface area contributed by atoms with Crippen molar-refractivity contribution in [1.29, 1.82) is 0 Å². The molecular weight excluding hydrogens is 378 g/mol. The monoisotopic (exact) mass is 419 g/mol. The molecule has 1 aliphatic rings. The Morgan fingerprint density at radius 3 is 2.53 bits per heavy atom. The summed E-state index contributed by atoms with van der Waals surface area (Å²) in [6.45, 7) is 16.3. The summed E-state index contributed by atoms with van der Waals surface area (Å²) in [6, 6.07) is 6.29. The molecule has 1 atom stereocenters. The van der Waals surface area contributed by atoms with E-state index in [0.717, 1.165) is 36.9 Å². The number of guanidine groups is 1. The van der Waals surface area contributed by atoms with Crippen LogP contribution in [0.5, 0.6) is 5.75 Å². The fourth-order valence-electron chi connectivity index (χ4n) is 3.64. The minimum atomic E-state index is 0.546. The second-order valence-electron chi connectivity index (χ2n) is 8.10. The van der Waals surface area contributed by atoms with E-state index in [4.69, 9.17) is 9.47 Å². The Kier molecular flexibility index (Phi) is 11.0. The molecule has 0 spiro atoms. The van der Waals surface area contributed by atoms with Gasteiger partial charge in [-0.05, 0) is 31.0 Å². The zero-order chi connectivity index (χ0) is 21.8. The van der Waals surface area contributed by atoms with Crippen molar-refractivity contribution in [3.63, 3.8) is 0 Å². The normalized spacial score (nSPS) is 17.0. The first-order chi connectivity index (χ1) is 14.5. The molecule has 0 bridgehead atoms. The standard InChI is InChI=1S/C23H41N5O2/c1-6-27-9-11-28(12-10-27)18-20(3)16-25-23(24-4)26-17-21-8-7-19(2)15-22(21)30-14-13-29-5/h7-8,15,20H,6,9-14,16-18H2,1-5H3,(H2,24,25,26). The molecule has 0 amide bonds. The summed E-state index contributed by atoms with van der Waals surface area (Å²) < 4.78 is 11.0. The third kappa shape index (κ3) is 8.50. The third-order valence-corrected chi connectivity index (χ3v) is 5.54. The number of likely N-dealkylation sites (N-methyl/N-ethyl adjacent to an activating group) is 1. The van der Waals surface area contributed by atoms with Gasteiger partial charge in [-0.3, -0.25) is 4.99 Å². The first kappa shape index (κ1) is 24.4. The highest BCUT2D eigenvalue weighted by Gasteiger charge is 2.17. The van der Waals surface area contributed by atoms with Crippen molar-refractivity contribution in [2.24, 2.45) is 10.9 Å². The van der Waals surface area contributed by atoms with Gasteiger partial charge in [0.1, 0.15) is 12.4 Å². The van der Waals surface area contributed by atoms with Gasteiger partial charge in [0, 0.05) is 65.5 Å². The minimum absolute atomic E-state index is 0.546. The Labute approximate surface area is 182 Å². The lowest BCUT2D eigenvalue weighted by Crippen LogP contribution is -2.48. The molecule has 1 unspecified atom stereocenters. The highest BCUT2D eigenvalue weighted by Crippen LogP contribution is 2.20. The summed E-state index contributed by atoms with van der Waals surface area (Å²) in [5.41, 5.74) is 2.30. The van der Waals surface area contributed by atoms with Crippen molar-refractivity contribution in [1.82, 2.24) is 20.4 Å². The molecule has 7 heteroatoms. The topological polar surface area (TPSA) is 61.4 Å². The van der Waals surface area contributed by atoms with Crippen LogP contribution in [0, 0.1) is 12.8 Å². The molecule has 1 saturated heterocycles. The maximum Gasteiger partial charge on any atom is 0.191 e. The van der Waals surface area contributed by atoms with Crippen molar-refractivity contribution < 1.29 is 9.47 Å². The van der Waals surface area contributed by atoms with E-state index in [2.05, 4.69) is 64.4 Å². The number of nitrogens with zero attached hydrogens (tertiary/aromatic N) is 3. The molecule has 2 N–H and O–H groups in total. The molecule has 1 aromatic carbocycles. The number of methoxy groups -OCH3 is 1. The van der Waals surface area contributed by atoms with Crippen LogP contribution < -0.4 is 15.4 Å². The van der Waals surface area contributed by atoms with Crippen LogP contribution in [0.1, 0.15) is 25.0 Å². The average molecular weight is 420 g/mol. The second kappa shape index (κ2) is 13.5. The number of hydrogen-bond acceptors (Lipinski definition) is 5. The van der Waals surface area contributed by atoms with E-state index < -0.39 is 0 Å². The summed E-state index contributed by atoms with van der Waals surface area (Å²) in [4.78, 5) is 9.47. The van der Waals surface area contributed by atoms with E-state index in [0.29, 0.717) is 25.7 Å². The first-order valence-corrected chi connectivity index (χ1v) is 11.2. The molecule has 7 nitrogen and oxygen atoms in total. The molecule has 1 aliphatic heterocycles. The lowest BCUT2D eigenvalue weighted by atomic mass is 10.1. The molecule has 0 radical (unpaired) electrons. The van der Waals surface area contributed by atoms with E-state index in [9.17, 15) is 0 Å². The third-order valence-electron chi connectivity index (χ3n) is 5.54. The van der Waals surface area contributed by atoms with E-state index in [1.54, 1.807) is 7.11 Å². The Hall–Kier alpha value is -1.83. The van der Waals surface area contributed by atoms with Crippen LogP contribution in [0.15, 0.2) is 23.2 Å². The lowest BCUT2D eigenvalue weighted by molar-refractivity contribution is 0.124. The summed E-state index contributed by atoms with van der Waals surface area (Å²) >= 11 is 0. The van der Waals surface area contributed by atoms with Crippen molar-refractivity contribution in [2.75, 3.05) is 73.2 Å². The number of benzene rings is 1. The molecule has 1 fully saturated rings. The van der Waals surface area contributed by atoms with Gasteiger partial charge in [-0.2, -0.15) is 0 Å². The van der Waals surface area contributed by atoms with Crippen molar-refractivity contribution in [2.45, 2.75) is 27.3 Å². The van der Waals surface area contributed by atoms with E-state index in [-0.39, 0.29) is 0 Å². The smallest absolute Gasteiger partial charge is 0.191 e. The molecule has 1 heterocycles. The molecule has 1 aromatic rings. The van der Waals surface area contributed by atoms with Crippen LogP contribution in [0.3, 0.4) is 0 Å². The van der Waals surface area contributed by atoms with Gasteiger partial charge in [-0.1, -0.05) is 26.0 Å². The quantitative estimate of drug-likeness (QED) is 0.325. The Bertz CT molecular complexity index is 644. The van der Waals surface area contributed by atoms with Gasteiger partial charge in [-0.15, -0.1) is 0 Å². The van der Waals surface area contributed by atoms with Crippen LogP contribution in [0.4, 0.5) is 0 Å². The molecule has 2 rings (SSSR count). The number of nitrogens with one attached hydrogen (secondary N) is 2. The predicted molar refractivity (Wildman–Crippen MR) is 124 cm³/mol. The first-order valence-electron chi connectivity index (χ1n) is 11.2. The van der Waals surface area contributed by atoms with Crippen LogP contribution in [-0.4, -0.2) is 88.9 Å². The van der Waals surface area contributed by atoms with Crippen LogP contribution in [-0.2, 0) is 11.3 Å². The maximum atomic E-state index is 5.89. The molecule has 30 heavy (non-hydrogen) atoms. The van der Waals surface area contributed by atoms with E-state index >= 15 is 0 Å². The zero-order valence-corrected chi connectivity index (χ0v) is 19.5. The van der Waals surface area contributed by atoms with Gasteiger partial charge in [0.05, 0.1) is 6.61 Å². The number of aryl methyl sites for hydroxylation is 1. The highest BCUT2D eigenvalue weighted by molar-refractivity contribution is 5.79. The van der Waals surface area contributed by atoms with Gasteiger partial charge in [0.15, 0.2) is 5.96 Å².